The molecule has 1 heterocycles. The van der Waals surface area contributed by atoms with Gasteiger partial charge in [-0.3, -0.25) is 0 Å². The van der Waals surface area contributed by atoms with Gasteiger partial charge in [-0.25, -0.2) is 4.79 Å². The van der Waals surface area contributed by atoms with E-state index < -0.39 is 0 Å². The van der Waals surface area contributed by atoms with E-state index in [1.54, 1.807) is 7.11 Å². The summed E-state index contributed by atoms with van der Waals surface area (Å²) in [7, 11) is 1.64. The van der Waals surface area contributed by atoms with Gasteiger partial charge >= 0.3 is 6.03 Å². The van der Waals surface area contributed by atoms with Crippen LogP contribution in [0, 0.1) is 23.7 Å². The van der Waals surface area contributed by atoms with Crippen molar-refractivity contribution in [2.24, 2.45) is 23.7 Å². The molecule has 0 aliphatic heterocycles. The fourth-order valence-corrected chi connectivity index (χ4v) is 4.43. The minimum absolute atomic E-state index is 0.104. The van der Waals surface area contributed by atoms with Crippen molar-refractivity contribution in [3.63, 3.8) is 0 Å². The Morgan fingerprint density at radius 1 is 1.19 bits per heavy atom. The highest BCUT2D eigenvalue weighted by Gasteiger charge is 2.32. The molecule has 174 valence electrons. The minimum atomic E-state index is -0.104. The number of aromatic nitrogens is 2. The smallest absolute Gasteiger partial charge is 0.315 e. The van der Waals surface area contributed by atoms with Gasteiger partial charge < -0.3 is 19.8 Å². The number of urea groups is 1. The summed E-state index contributed by atoms with van der Waals surface area (Å²) in [6.45, 7) is 11.3. The van der Waals surface area contributed by atoms with E-state index >= 15 is 0 Å². The van der Waals surface area contributed by atoms with Crippen molar-refractivity contribution in [2.45, 2.75) is 53.5 Å². The third-order valence-electron chi connectivity index (χ3n) is 6.23. The summed E-state index contributed by atoms with van der Waals surface area (Å²) in [5, 5.41) is 14.5. The van der Waals surface area contributed by atoms with E-state index in [9.17, 15) is 4.79 Å². The summed E-state index contributed by atoms with van der Waals surface area (Å²) in [6.07, 6.45) is 4.09. The molecule has 1 aliphatic rings. The van der Waals surface area contributed by atoms with Gasteiger partial charge in [0.2, 0.25) is 11.8 Å². The predicted octanol–water partition coefficient (Wildman–Crippen LogP) is 4.85. The molecule has 2 aromatic rings. The van der Waals surface area contributed by atoms with Crippen LogP contribution >= 0.6 is 0 Å². The number of nitrogens with one attached hydrogen (secondary N) is 2. The quantitative estimate of drug-likeness (QED) is 0.573. The largest absolute Gasteiger partial charge is 0.497 e. The molecule has 0 bridgehead atoms. The number of amides is 2. The summed E-state index contributed by atoms with van der Waals surface area (Å²) in [5.41, 5.74) is 2.20. The van der Waals surface area contributed by atoms with Gasteiger partial charge in [0.05, 0.1) is 7.11 Å². The van der Waals surface area contributed by atoms with Gasteiger partial charge in [-0.2, -0.15) is 0 Å². The van der Waals surface area contributed by atoms with Gasteiger partial charge in [-0.05, 0) is 75.1 Å². The molecule has 1 aromatic heterocycles. The van der Waals surface area contributed by atoms with Crippen LogP contribution in [-0.2, 0) is 6.42 Å². The van der Waals surface area contributed by atoms with Crippen LogP contribution < -0.4 is 15.4 Å². The lowest BCUT2D eigenvalue weighted by Crippen LogP contribution is -2.43. The Balaban J connectivity index is 1.67. The van der Waals surface area contributed by atoms with E-state index in [4.69, 9.17) is 9.15 Å². The van der Waals surface area contributed by atoms with E-state index in [1.165, 1.54) is 5.57 Å². The summed E-state index contributed by atoms with van der Waals surface area (Å²) >= 11 is 0. The Morgan fingerprint density at radius 2 is 1.91 bits per heavy atom. The molecule has 0 spiro atoms. The van der Waals surface area contributed by atoms with Gasteiger partial charge in [0, 0.05) is 24.6 Å². The van der Waals surface area contributed by atoms with Gasteiger partial charge in [-0.1, -0.05) is 25.5 Å². The molecule has 2 N–H and O–H groups in total. The Kier molecular flexibility index (Phi) is 7.94. The van der Waals surface area contributed by atoms with Crippen LogP contribution in [0.15, 0.2) is 40.3 Å². The average Bonchev–Trinajstić information content (AvgIpc) is 3.21. The van der Waals surface area contributed by atoms with Crippen molar-refractivity contribution in [1.82, 2.24) is 20.8 Å². The standard InChI is InChI=1S/C25H36N4O3/c1-15(2)22-12-19(17(5)11-20(22)14-26-25(30)27-16(3)4)13-23-28-29-24(32-23)18-7-9-21(31-6)10-8-18/h7-11,15-16,19-20,22H,12-14H2,1-6H3,(H2,26,27,30). The van der Waals surface area contributed by atoms with Gasteiger partial charge in [0.15, 0.2) is 0 Å². The molecule has 1 aromatic carbocycles. The first-order valence-corrected chi connectivity index (χ1v) is 11.5. The Hall–Kier alpha value is -2.83. The van der Waals surface area contributed by atoms with Crippen LogP contribution in [-0.4, -0.2) is 35.9 Å². The minimum Gasteiger partial charge on any atom is -0.497 e. The first-order valence-electron chi connectivity index (χ1n) is 11.5. The number of carbonyl (C=O) groups excluding carboxylic acids is 1. The SMILES string of the molecule is COc1ccc(-c2nnc(CC3CC(C(C)C)C(CNC(=O)NC(C)C)C=C3C)o2)cc1. The second-order valence-electron chi connectivity index (χ2n) is 9.36. The zero-order valence-corrected chi connectivity index (χ0v) is 20.0. The van der Waals surface area contributed by atoms with Crippen LogP contribution in [0.5, 0.6) is 5.75 Å². The molecule has 2 amide bonds. The van der Waals surface area contributed by atoms with Crippen molar-refractivity contribution in [1.29, 1.82) is 0 Å². The first kappa shape index (κ1) is 23.8. The Bertz CT molecular complexity index is 918. The lowest BCUT2D eigenvalue weighted by atomic mass is 9.70. The topological polar surface area (TPSA) is 89.3 Å². The molecule has 32 heavy (non-hydrogen) atoms. The third-order valence-corrected chi connectivity index (χ3v) is 6.23. The number of benzene rings is 1. The second-order valence-corrected chi connectivity index (χ2v) is 9.36. The molecule has 0 radical (unpaired) electrons. The fourth-order valence-electron chi connectivity index (χ4n) is 4.43. The number of methoxy groups -OCH3 is 1. The Morgan fingerprint density at radius 3 is 2.53 bits per heavy atom. The highest BCUT2D eigenvalue weighted by atomic mass is 16.5. The number of hydrogen-bond donors (Lipinski definition) is 2. The molecule has 0 fully saturated rings. The molecule has 0 saturated carbocycles. The maximum Gasteiger partial charge on any atom is 0.315 e. The van der Waals surface area contributed by atoms with Crippen molar-refractivity contribution in [3.8, 4) is 17.2 Å². The Labute approximate surface area is 191 Å². The average molecular weight is 441 g/mol. The van der Waals surface area contributed by atoms with Gasteiger partial charge in [0.25, 0.3) is 0 Å². The van der Waals surface area contributed by atoms with Crippen LogP contribution in [0.2, 0.25) is 0 Å². The number of nitrogens with zero attached hydrogens (tertiary/aromatic N) is 2. The highest BCUT2D eigenvalue weighted by molar-refractivity contribution is 5.74. The summed E-state index contributed by atoms with van der Waals surface area (Å²) in [4.78, 5) is 12.0. The molecule has 7 nitrogen and oxygen atoms in total. The fraction of sp³-hybridized carbons (Fsp3) is 0.560. The molecule has 3 rings (SSSR count). The number of ether oxygens (including phenoxy) is 1. The predicted molar refractivity (Wildman–Crippen MR) is 125 cm³/mol. The van der Waals surface area contributed by atoms with Crippen molar-refractivity contribution >= 4 is 6.03 Å². The monoisotopic (exact) mass is 440 g/mol. The molecular formula is C25H36N4O3. The molecule has 3 unspecified atom stereocenters. The zero-order valence-electron chi connectivity index (χ0n) is 20.0. The van der Waals surface area contributed by atoms with Crippen LogP contribution in [0.1, 0.15) is 46.9 Å². The number of allylic oxidation sites excluding steroid dienone is 1. The molecular weight excluding hydrogens is 404 g/mol. The maximum absolute atomic E-state index is 12.0. The number of rotatable bonds is 8. The van der Waals surface area contributed by atoms with E-state index in [0.717, 1.165) is 24.2 Å². The normalized spacial score (nSPS) is 20.9. The number of hydrogen-bond acceptors (Lipinski definition) is 5. The lowest BCUT2D eigenvalue weighted by molar-refractivity contribution is 0.210. The van der Waals surface area contributed by atoms with E-state index in [2.05, 4.69) is 47.7 Å². The van der Waals surface area contributed by atoms with Crippen LogP contribution in [0.25, 0.3) is 11.5 Å². The van der Waals surface area contributed by atoms with E-state index in [1.807, 2.05) is 38.1 Å². The molecule has 1 aliphatic carbocycles. The summed E-state index contributed by atoms with van der Waals surface area (Å²) < 4.78 is 11.2. The maximum atomic E-state index is 12.0. The molecule has 0 saturated heterocycles. The van der Waals surface area contributed by atoms with E-state index in [-0.39, 0.29) is 12.1 Å². The zero-order chi connectivity index (χ0) is 23.3. The van der Waals surface area contributed by atoms with Crippen LogP contribution in [0.4, 0.5) is 4.79 Å². The first-order chi connectivity index (χ1) is 15.3. The highest BCUT2D eigenvalue weighted by Crippen LogP contribution is 2.38. The molecule has 7 heteroatoms. The summed E-state index contributed by atoms with van der Waals surface area (Å²) in [6, 6.07) is 7.63. The van der Waals surface area contributed by atoms with Crippen molar-refractivity contribution in [3.05, 3.63) is 41.8 Å². The van der Waals surface area contributed by atoms with Gasteiger partial charge in [0.1, 0.15) is 5.75 Å². The summed E-state index contributed by atoms with van der Waals surface area (Å²) in [5.74, 6) is 3.64. The van der Waals surface area contributed by atoms with Crippen molar-refractivity contribution < 1.29 is 13.9 Å². The molecule has 3 atom stereocenters. The van der Waals surface area contributed by atoms with Crippen molar-refractivity contribution in [2.75, 3.05) is 13.7 Å². The number of carbonyl (C=O) groups is 1. The van der Waals surface area contributed by atoms with E-state index in [0.29, 0.717) is 42.0 Å². The third kappa shape index (κ3) is 6.11. The van der Waals surface area contributed by atoms with Gasteiger partial charge in [-0.15, -0.1) is 10.2 Å². The second kappa shape index (κ2) is 10.7. The lowest BCUT2D eigenvalue weighted by Gasteiger charge is -2.37. The van der Waals surface area contributed by atoms with Crippen LogP contribution in [0.3, 0.4) is 0 Å².